The van der Waals surface area contributed by atoms with Gasteiger partial charge < -0.3 is 5.32 Å². The second kappa shape index (κ2) is 9.06. The minimum atomic E-state index is -3.53. The Kier molecular flexibility index (Phi) is 6.73. The Bertz CT molecular complexity index is 907. The maximum Gasteiger partial charge on any atom is 0.243 e. The van der Waals surface area contributed by atoms with Crippen LogP contribution >= 0.6 is 11.8 Å². The molecule has 152 valence electrons. The van der Waals surface area contributed by atoms with Gasteiger partial charge in [-0.05, 0) is 43.9 Å². The molecule has 0 spiro atoms. The fraction of sp³-hybridized carbons (Fsp3) is 0.500. The number of sulfonamides is 1. The third kappa shape index (κ3) is 4.92. The summed E-state index contributed by atoms with van der Waals surface area (Å²) >= 11 is 1.49. The topological polar surface area (TPSA) is 108 Å². The predicted octanol–water partition coefficient (Wildman–Crippen LogP) is 1.73. The Labute approximate surface area is 169 Å². The zero-order chi connectivity index (χ0) is 20.1. The van der Waals surface area contributed by atoms with Crippen LogP contribution in [0.4, 0.5) is 0 Å². The largest absolute Gasteiger partial charge is 0.355 e. The van der Waals surface area contributed by atoms with Crippen LogP contribution in [0.25, 0.3) is 0 Å². The average molecular weight is 424 g/mol. The van der Waals surface area contributed by atoms with Crippen molar-refractivity contribution in [2.75, 3.05) is 25.4 Å². The van der Waals surface area contributed by atoms with Crippen molar-refractivity contribution in [3.8, 4) is 0 Å². The third-order valence-corrected chi connectivity index (χ3v) is 7.74. The molecule has 0 atom stereocenters. The van der Waals surface area contributed by atoms with Crippen molar-refractivity contribution in [3.63, 3.8) is 0 Å². The highest BCUT2D eigenvalue weighted by molar-refractivity contribution is 7.99. The van der Waals surface area contributed by atoms with Gasteiger partial charge in [-0.25, -0.2) is 13.4 Å². The Morgan fingerprint density at radius 1 is 1.32 bits per heavy atom. The van der Waals surface area contributed by atoms with E-state index in [4.69, 9.17) is 0 Å². The second-order valence-corrected chi connectivity index (χ2v) is 9.87. The highest BCUT2D eigenvalue weighted by atomic mass is 32.2. The standard InChI is InChI=1S/C18H25N5O3S2/c1-13-3-4-14(2)16(11-13)28(25,26)23-8-5-15(6-9-23)17(24)19-7-10-27-18-20-12-21-22-18/h3-4,11-12,15H,5-10H2,1-2H3,(H,19,24)(H,20,21,22). The fourth-order valence-corrected chi connectivity index (χ4v) is 5.63. The summed E-state index contributed by atoms with van der Waals surface area (Å²) in [6.07, 6.45) is 2.51. The van der Waals surface area contributed by atoms with E-state index in [1.807, 2.05) is 26.0 Å². The van der Waals surface area contributed by atoms with Crippen molar-refractivity contribution in [2.45, 2.75) is 36.7 Å². The lowest BCUT2D eigenvalue weighted by Gasteiger charge is -2.31. The maximum atomic E-state index is 13.0. The number of nitrogens with one attached hydrogen (secondary N) is 2. The van der Waals surface area contributed by atoms with E-state index in [1.165, 1.54) is 22.4 Å². The maximum absolute atomic E-state index is 13.0. The second-order valence-electron chi connectivity index (χ2n) is 6.88. The van der Waals surface area contributed by atoms with E-state index in [0.29, 0.717) is 43.1 Å². The van der Waals surface area contributed by atoms with Gasteiger partial charge in [-0.3, -0.25) is 9.89 Å². The number of rotatable bonds is 7. The number of hydrogen-bond donors (Lipinski definition) is 2. The van der Waals surface area contributed by atoms with Crippen molar-refractivity contribution in [1.29, 1.82) is 0 Å². The molecule has 0 unspecified atom stereocenters. The molecule has 2 heterocycles. The first kappa shape index (κ1) is 20.8. The summed E-state index contributed by atoms with van der Waals surface area (Å²) in [7, 11) is -3.53. The molecule has 0 radical (unpaired) electrons. The lowest BCUT2D eigenvalue weighted by Crippen LogP contribution is -2.43. The van der Waals surface area contributed by atoms with E-state index in [9.17, 15) is 13.2 Å². The van der Waals surface area contributed by atoms with Gasteiger partial charge in [0.15, 0.2) is 5.16 Å². The Hall–Kier alpha value is -1.91. The molecule has 3 rings (SSSR count). The average Bonchev–Trinajstić information content (AvgIpc) is 3.20. The molecule has 1 saturated heterocycles. The summed E-state index contributed by atoms with van der Waals surface area (Å²) in [4.78, 5) is 16.7. The van der Waals surface area contributed by atoms with Gasteiger partial charge in [-0.15, -0.1) is 0 Å². The summed E-state index contributed by atoms with van der Waals surface area (Å²) in [6.45, 7) is 4.95. The van der Waals surface area contributed by atoms with Gasteiger partial charge in [-0.2, -0.15) is 9.40 Å². The minimum absolute atomic E-state index is 0.0121. The molecule has 0 aliphatic carbocycles. The van der Waals surface area contributed by atoms with Gasteiger partial charge in [0, 0.05) is 31.3 Å². The van der Waals surface area contributed by atoms with E-state index in [0.717, 1.165) is 16.3 Å². The number of nitrogens with zero attached hydrogens (tertiary/aromatic N) is 3. The molecule has 8 nitrogen and oxygen atoms in total. The van der Waals surface area contributed by atoms with Crippen LogP contribution in [0, 0.1) is 19.8 Å². The van der Waals surface area contributed by atoms with Gasteiger partial charge in [0.25, 0.3) is 0 Å². The minimum Gasteiger partial charge on any atom is -0.355 e. The van der Waals surface area contributed by atoms with Crippen molar-refractivity contribution in [2.24, 2.45) is 5.92 Å². The van der Waals surface area contributed by atoms with Crippen molar-refractivity contribution < 1.29 is 13.2 Å². The number of benzene rings is 1. The number of piperidine rings is 1. The SMILES string of the molecule is Cc1ccc(C)c(S(=O)(=O)N2CCC(C(=O)NCCSc3ncn[nH]3)CC2)c1. The molecule has 0 bridgehead atoms. The van der Waals surface area contributed by atoms with E-state index in [-0.39, 0.29) is 11.8 Å². The smallest absolute Gasteiger partial charge is 0.243 e. The molecule has 0 saturated carbocycles. The highest BCUT2D eigenvalue weighted by Crippen LogP contribution is 2.26. The van der Waals surface area contributed by atoms with Crippen LogP contribution in [-0.2, 0) is 14.8 Å². The van der Waals surface area contributed by atoms with Gasteiger partial charge >= 0.3 is 0 Å². The van der Waals surface area contributed by atoms with Crippen molar-refractivity contribution in [3.05, 3.63) is 35.7 Å². The van der Waals surface area contributed by atoms with Gasteiger partial charge in [-0.1, -0.05) is 23.9 Å². The molecule has 2 aromatic rings. The molecule has 1 aliphatic heterocycles. The molecule has 1 aliphatic rings. The van der Waals surface area contributed by atoms with E-state index < -0.39 is 10.0 Å². The lowest BCUT2D eigenvalue weighted by molar-refractivity contribution is -0.125. The lowest BCUT2D eigenvalue weighted by atomic mass is 9.97. The highest BCUT2D eigenvalue weighted by Gasteiger charge is 2.32. The van der Waals surface area contributed by atoms with Gasteiger partial charge in [0.05, 0.1) is 4.90 Å². The van der Waals surface area contributed by atoms with Crippen molar-refractivity contribution >= 4 is 27.7 Å². The van der Waals surface area contributed by atoms with E-state index in [1.54, 1.807) is 6.07 Å². The summed E-state index contributed by atoms with van der Waals surface area (Å²) in [5.74, 6) is 0.531. The third-order valence-electron chi connectivity index (χ3n) is 4.82. The zero-order valence-electron chi connectivity index (χ0n) is 16.0. The molecule has 1 aromatic heterocycles. The normalized spacial score (nSPS) is 16.2. The van der Waals surface area contributed by atoms with Crippen LogP contribution < -0.4 is 5.32 Å². The molecule has 1 aromatic carbocycles. The summed E-state index contributed by atoms with van der Waals surface area (Å²) in [5, 5.41) is 10.2. The number of carbonyl (C=O) groups is 1. The number of H-pyrrole nitrogens is 1. The van der Waals surface area contributed by atoms with Gasteiger partial charge in [0.2, 0.25) is 15.9 Å². The molecule has 1 amide bonds. The molecule has 28 heavy (non-hydrogen) atoms. The molecular weight excluding hydrogens is 398 g/mol. The number of aryl methyl sites for hydroxylation is 2. The predicted molar refractivity (Wildman–Crippen MR) is 108 cm³/mol. The van der Waals surface area contributed by atoms with Crippen LogP contribution in [0.1, 0.15) is 24.0 Å². The van der Waals surface area contributed by atoms with Crippen molar-refractivity contribution in [1.82, 2.24) is 24.8 Å². The monoisotopic (exact) mass is 423 g/mol. The van der Waals surface area contributed by atoms with Crippen LogP contribution in [0.15, 0.2) is 34.6 Å². The first-order valence-corrected chi connectivity index (χ1v) is 11.6. The Morgan fingerprint density at radius 2 is 2.07 bits per heavy atom. The number of carbonyl (C=O) groups excluding carboxylic acids is 1. The number of amides is 1. The molecule has 2 N–H and O–H groups in total. The zero-order valence-corrected chi connectivity index (χ0v) is 17.6. The van der Waals surface area contributed by atoms with Crippen LogP contribution in [-0.4, -0.2) is 59.2 Å². The van der Waals surface area contributed by atoms with Crippen LogP contribution in [0.3, 0.4) is 0 Å². The summed E-state index contributed by atoms with van der Waals surface area (Å²) in [5.41, 5.74) is 1.66. The number of aromatic nitrogens is 3. The quantitative estimate of drug-likeness (QED) is 0.519. The first-order valence-electron chi connectivity index (χ1n) is 9.21. The van der Waals surface area contributed by atoms with Gasteiger partial charge in [0.1, 0.15) is 6.33 Å². The number of aromatic amines is 1. The molecule has 10 heteroatoms. The molecule has 1 fully saturated rings. The Balaban J connectivity index is 1.49. The number of thioether (sulfide) groups is 1. The summed E-state index contributed by atoms with van der Waals surface area (Å²) < 4.78 is 27.4. The first-order chi connectivity index (χ1) is 13.4. The van der Waals surface area contributed by atoms with E-state index in [2.05, 4.69) is 20.5 Å². The van der Waals surface area contributed by atoms with Crippen LogP contribution in [0.2, 0.25) is 0 Å². The van der Waals surface area contributed by atoms with Crippen LogP contribution in [0.5, 0.6) is 0 Å². The summed E-state index contributed by atoms with van der Waals surface area (Å²) in [6, 6.07) is 5.46. The van der Waals surface area contributed by atoms with E-state index >= 15 is 0 Å². The fourth-order valence-electron chi connectivity index (χ4n) is 3.21. The Morgan fingerprint density at radius 3 is 2.75 bits per heavy atom. The molecular formula is C18H25N5O3S2. The number of hydrogen-bond acceptors (Lipinski definition) is 6.